The van der Waals surface area contributed by atoms with E-state index in [-0.39, 0.29) is 5.84 Å². The van der Waals surface area contributed by atoms with E-state index < -0.39 is 0 Å². The van der Waals surface area contributed by atoms with Crippen molar-refractivity contribution in [1.29, 1.82) is 5.41 Å². The van der Waals surface area contributed by atoms with Crippen molar-refractivity contribution in [3.05, 3.63) is 16.1 Å². The molecule has 3 N–H and O–H groups in total. The first-order chi connectivity index (χ1) is 7.17. The van der Waals surface area contributed by atoms with Gasteiger partial charge in [0.05, 0.1) is 5.01 Å². The molecule has 84 valence electrons. The van der Waals surface area contributed by atoms with Crippen LogP contribution in [-0.4, -0.2) is 35.4 Å². The Hall–Kier alpha value is -0.940. The Morgan fingerprint density at radius 1 is 1.53 bits per heavy atom. The number of hydrogen-bond donors (Lipinski definition) is 2. The Morgan fingerprint density at radius 2 is 2.20 bits per heavy atom. The average Bonchev–Trinajstić information content (AvgIpc) is 2.68. The molecular formula is C10H18N4S. The van der Waals surface area contributed by atoms with Crippen molar-refractivity contribution in [2.24, 2.45) is 5.73 Å². The summed E-state index contributed by atoms with van der Waals surface area (Å²) in [4.78, 5) is 6.65. The van der Waals surface area contributed by atoms with Crippen molar-refractivity contribution < 1.29 is 0 Å². The van der Waals surface area contributed by atoms with E-state index in [2.05, 4.69) is 23.7 Å². The Balaban J connectivity index is 2.47. The molecule has 0 aliphatic carbocycles. The maximum Gasteiger partial charge on any atom is 0.142 e. The molecule has 15 heavy (non-hydrogen) atoms. The Bertz CT molecular complexity index is 317. The number of nitrogen functional groups attached to an aromatic ring is 1. The quantitative estimate of drug-likeness (QED) is 0.568. The van der Waals surface area contributed by atoms with Crippen molar-refractivity contribution in [1.82, 2.24) is 9.88 Å². The van der Waals surface area contributed by atoms with Crippen LogP contribution >= 0.6 is 11.3 Å². The van der Waals surface area contributed by atoms with Gasteiger partial charge in [0.25, 0.3) is 0 Å². The molecular weight excluding hydrogens is 208 g/mol. The predicted molar refractivity (Wildman–Crippen MR) is 64.6 cm³/mol. The summed E-state index contributed by atoms with van der Waals surface area (Å²) in [6.45, 7) is 7.49. The number of rotatable bonds is 6. The van der Waals surface area contributed by atoms with Crippen LogP contribution in [-0.2, 0) is 6.42 Å². The fraction of sp³-hybridized carbons (Fsp3) is 0.600. The Morgan fingerprint density at radius 3 is 2.67 bits per heavy atom. The van der Waals surface area contributed by atoms with E-state index in [1.165, 1.54) is 0 Å². The van der Waals surface area contributed by atoms with E-state index in [1.807, 2.05) is 5.38 Å². The third-order valence-electron chi connectivity index (χ3n) is 2.36. The van der Waals surface area contributed by atoms with Crippen LogP contribution in [0.15, 0.2) is 5.38 Å². The molecule has 0 aliphatic rings. The second-order valence-electron chi connectivity index (χ2n) is 3.32. The van der Waals surface area contributed by atoms with Gasteiger partial charge in [-0.1, -0.05) is 13.8 Å². The summed E-state index contributed by atoms with van der Waals surface area (Å²) < 4.78 is 0. The molecule has 1 aromatic rings. The maximum atomic E-state index is 7.25. The van der Waals surface area contributed by atoms with E-state index in [0.717, 1.165) is 31.1 Å². The first-order valence-electron chi connectivity index (χ1n) is 5.18. The van der Waals surface area contributed by atoms with Gasteiger partial charge < -0.3 is 10.6 Å². The second kappa shape index (κ2) is 5.82. The summed E-state index contributed by atoms with van der Waals surface area (Å²) in [5.41, 5.74) is 5.96. The molecule has 1 rings (SSSR count). The van der Waals surface area contributed by atoms with E-state index in [0.29, 0.717) is 5.69 Å². The van der Waals surface area contributed by atoms with Gasteiger partial charge in [0, 0.05) is 18.3 Å². The smallest absolute Gasteiger partial charge is 0.142 e. The number of thiazole rings is 1. The molecule has 0 bridgehead atoms. The molecule has 0 spiro atoms. The topological polar surface area (TPSA) is 66.0 Å². The van der Waals surface area contributed by atoms with Crippen molar-refractivity contribution in [3.8, 4) is 0 Å². The van der Waals surface area contributed by atoms with Gasteiger partial charge in [-0.25, -0.2) is 4.98 Å². The molecule has 5 heteroatoms. The summed E-state index contributed by atoms with van der Waals surface area (Å²) in [7, 11) is 0. The normalized spacial score (nSPS) is 10.9. The van der Waals surface area contributed by atoms with Crippen LogP contribution in [0.1, 0.15) is 24.5 Å². The lowest BCUT2D eigenvalue weighted by molar-refractivity contribution is 0.308. The fourth-order valence-corrected chi connectivity index (χ4v) is 2.13. The molecule has 0 aliphatic heterocycles. The van der Waals surface area contributed by atoms with Crippen LogP contribution in [0.2, 0.25) is 0 Å². The summed E-state index contributed by atoms with van der Waals surface area (Å²) in [5, 5.41) is 10.2. The third kappa shape index (κ3) is 3.60. The van der Waals surface area contributed by atoms with Gasteiger partial charge in [-0.3, -0.25) is 5.41 Å². The van der Waals surface area contributed by atoms with Crippen LogP contribution in [0.25, 0.3) is 0 Å². The van der Waals surface area contributed by atoms with E-state index in [9.17, 15) is 0 Å². The minimum atomic E-state index is 0.0559. The first-order valence-corrected chi connectivity index (χ1v) is 6.06. The van der Waals surface area contributed by atoms with Crippen LogP contribution in [0.4, 0.5) is 0 Å². The number of aromatic nitrogens is 1. The molecule has 0 unspecified atom stereocenters. The summed E-state index contributed by atoms with van der Waals surface area (Å²) >= 11 is 1.58. The van der Waals surface area contributed by atoms with Crippen LogP contribution in [0, 0.1) is 5.41 Å². The second-order valence-corrected chi connectivity index (χ2v) is 4.26. The highest BCUT2D eigenvalue weighted by Gasteiger charge is 2.05. The lowest BCUT2D eigenvalue weighted by Crippen LogP contribution is -2.25. The van der Waals surface area contributed by atoms with Crippen LogP contribution in [0.3, 0.4) is 0 Å². The maximum absolute atomic E-state index is 7.25. The van der Waals surface area contributed by atoms with Gasteiger partial charge in [-0.05, 0) is 13.1 Å². The van der Waals surface area contributed by atoms with E-state index in [1.54, 1.807) is 11.3 Å². The molecule has 0 radical (unpaired) electrons. The van der Waals surface area contributed by atoms with Crippen LogP contribution < -0.4 is 5.73 Å². The number of nitrogens with one attached hydrogen (secondary N) is 1. The molecule has 1 aromatic heterocycles. The SMILES string of the molecule is CCN(CC)CCc1nc(C(=N)N)cs1. The Kier molecular flexibility index (Phi) is 4.71. The first kappa shape index (κ1) is 12.1. The minimum absolute atomic E-state index is 0.0559. The summed E-state index contributed by atoms with van der Waals surface area (Å²) in [6, 6.07) is 0. The van der Waals surface area contributed by atoms with E-state index >= 15 is 0 Å². The monoisotopic (exact) mass is 226 g/mol. The van der Waals surface area contributed by atoms with E-state index in [4.69, 9.17) is 11.1 Å². The minimum Gasteiger partial charge on any atom is -0.382 e. The number of nitrogens with zero attached hydrogens (tertiary/aromatic N) is 2. The molecule has 0 atom stereocenters. The van der Waals surface area contributed by atoms with Crippen LogP contribution in [0.5, 0.6) is 0 Å². The highest BCUT2D eigenvalue weighted by molar-refractivity contribution is 7.09. The molecule has 0 amide bonds. The summed E-state index contributed by atoms with van der Waals surface area (Å²) in [5.74, 6) is 0.0559. The van der Waals surface area contributed by atoms with Gasteiger partial charge in [0.1, 0.15) is 11.5 Å². The van der Waals surface area contributed by atoms with Crippen molar-refractivity contribution in [3.63, 3.8) is 0 Å². The largest absolute Gasteiger partial charge is 0.382 e. The number of amidine groups is 1. The van der Waals surface area contributed by atoms with Crippen molar-refractivity contribution in [2.75, 3.05) is 19.6 Å². The standard InChI is InChI=1S/C10H18N4S/c1-3-14(4-2)6-5-9-13-8(7-15-9)10(11)12/h7H,3-6H2,1-2H3,(H3,11,12). The zero-order chi connectivity index (χ0) is 11.3. The molecule has 0 saturated carbocycles. The summed E-state index contributed by atoms with van der Waals surface area (Å²) in [6.07, 6.45) is 0.944. The van der Waals surface area contributed by atoms with Gasteiger partial charge in [-0.2, -0.15) is 0 Å². The average molecular weight is 226 g/mol. The zero-order valence-electron chi connectivity index (χ0n) is 9.29. The predicted octanol–water partition coefficient (Wildman–Crippen LogP) is 1.31. The Labute approximate surface area is 94.6 Å². The molecule has 0 saturated heterocycles. The third-order valence-corrected chi connectivity index (χ3v) is 3.27. The highest BCUT2D eigenvalue weighted by atomic mass is 32.1. The molecule has 4 nitrogen and oxygen atoms in total. The lowest BCUT2D eigenvalue weighted by Gasteiger charge is -2.16. The fourth-order valence-electron chi connectivity index (χ4n) is 1.34. The lowest BCUT2D eigenvalue weighted by atomic mass is 10.4. The number of hydrogen-bond acceptors (Lipinski definition) is 4. The molecule has 0 fully saturated rings. The van der Waals surface area contributed by atoms with Gasteiger partial charge in [0.2, 0.25) is 0 Å². The van der Waals surface area contributed by atoms with Gasteiger partial charge >= 0.3 is 0 Å². The van der Waals surface area contributed by atoms with Crippen molar-refractivity contribution >= 4 is 17.2 Å². The zero-order valence-corrected chi connectivity index (χ0v) is 10.1. The molecule has 1 heterocycles. The van der Waals surface area contributed by atoms with Crippen molar-refractivity contribution in [2.45, 2.75) is 20.3 Å². The number of nitrogens with two attached hydrogens (primary N) is 1. The van der Waals surface area contributed by atoms with Gasteiger partial charge in [-0.15, -0.1) is 11.3 Å². The molecule has 0 aromatic carbocycles. The van der Waals surface area contributed by atoms with Gasteiger partial charge in [0.15, 0.2) is 0 Å². The number of likely N-dealkylation sites (N-methyl/N-ethyl adjacent to an activating group) is 1. The highest BCUT2D eigenvalue weighted by Crippen LogP contribution is 2.10.